The van der Waals surface area contributed by atoms with Crippen molar-refractivity contribution in [3.05, 3.63) is 59.9 Å². The number of urea groups is 1. The van der Waals surface area contributed by atoms with Gasteiger partial charge in [-0.2, -0.15) is 0 Å². The summed E-state index contributed by atoms with van der Waals surface area (Å²) in [5.74, 6) is 2.77. The molecule has 2 bridgehead atoms. The van der Waals surface area contributed by atoms with Crippen LogP contribution in [-0.2, 0) is 6.54 Å². The molecule has 7 heteroatoms. The monoisotopic (exact) mass is 532 g/mol. The first-order valence-electron chi connectivity index (χ1n) is 14.8. The number of ether oxygens (including phenoxy) is 1. The Balaban J connectivity index is 1.27. The van der Waals surface area contributed by atoms with Crippen LogP contribution in [0.15, 0.2) is 53.5 Å². The summed E-state index contributed by atoms with van der Waals surface area (Å²) in [5, 5.41) is 3.16. The van der Waals surface area contributed by atoms with Crippen LogP contribution in [0.25, 0.3) is 0 Å². The largest absolute Gasteiger partial charge is 0.491 e. The van der Waals surface area contributed by atoms with Gasteiger partial charge >= 0.3 is 6.03 Å². The van der Waals surface area contributed by atoms with E-state index in [-0.39, 0.29) is 30.0 Å². The van der Waals surface area contributed by atoms with Crippen LogP contribution in [0.3, 0.4) is 0 Å². The number of carbonyl (C=O) groups is 1. The summed E-state index contributed by atoms with van der Waals surface area (Å²) in [7, 11) is 0. The average molecular weight is 533 g/mol. The van der Waals surface area contributed by atoms with Crippen molar-refractivity contribution >= 4 is 17.6 Å². The number of amides is 2. The number of halogens is 1. The second kappa shape index (κ2) is 10.6. The fourth-order valence-electron chi connectivity index (χ4n) is 7.43. The Morgan fingerprint density at radius 3 is 2.74 bits per heavy atom. The summed E-state index contributed by atoms with van der Waals surface area (Å²) < 4.78 is 20.4. The van der Waals surface area contributed by atoms with Crippen LogP contribution in [0.1, 0.15) is 71.3 Å². The van der Waals surface area contributed by atoms with Gasteiger partial charge in [-0.25, -0.2) is 9.18 Å². The van der Waals surface area contributed by atoms with Crippen LogP contribution in [0.2, 0.25) is 0 Å². The topological polar surface area (TPSA) is 57.2 Å². The van der Waals surface area contributed by atoms with E-state index in [1.807, 2.05) is 12.1 Å². The molecule has 2 unspecified atom stereocenters. The van der Waals surface area contributed by atoms with Crippen molar-refractivity contribution in [3.63, 3.8) is 0 Å². The quantitative estimate of drug-likeness (QED) is 0.440. The molecular weight excluding hydrogens is 491 g/mol. The molecule has 6 nitrogen and oxygen atoms in total. The van der Waals surface area contributed by atoms with Gasteiger partial charge in [0, 0.05) is 24.8 Å². The highest BCUT2D eigenvalue weighted by molar-refractivity contribution is 6.19. The third-order valence-electron chi connectivity index (χ3n) is 9.62. The van der Waals surface area contributed by atoms with Gasteiger partial charge in [0.05, 0.1) is 12.1 Å². The number of nitrogens with zero attached hydrogens (tertiary/aromatic N) is 3. The fraction of sp³-hybridized carbons (Fsp3) is 0.562. The molecule has 39 heavy (non-hydrogen) atoms. The van der Waals surface area contributed by atoms with Crippen molar-refractivity contribution in [2.24, 2.45) is 16.8 Å². The van der Waals surface area contributed by atoms with Crippen molar-refractivity contribution in [3.8, 4) is 5.75 Å². The molecule has 2 saturated carbocycles. The minimum Gasteiger partial charge on any atom is -0.491 e. The zero-order valence-electron chi connectivity index (χ0n) is 23.4. The lowest BCUT2D eigenvalue weighted by atomic mass is 9.81. The lowest BCUT2D eigenvalue weighted by molar-refractivity contribution is 0.123. The molecule has 2 heterocycles. The van der Waals surface area contributed by atoms with E-state index < -0.39 is 5.54 Å². The highest BCUT2D eigenvalue weighted by Crippen LogP contribution is 2.47. The second-order valence-corrected chi connectivity index (χ2v) is 12.3. The van der Waals surface area contributed by atoms with Gasteiger partial charge < -0.3 is 4.74 Å². The molecule has 2 aromatic rings. The van der Waals surface area contributed by atoms with E-state index in [4.69, 9.17) is 9.73 Å². The predicted molar refractivity (Wildman–Crippen MR) is 153 cm³/mol. The number of carbonyl (C=O) groups excluding carboxylic acids is 1. The highest BCUT2D eigenvalue weighted by Gasteiger charge is 2.55. The Labute approximate surface area is 231 Å². The molecule has 208 valence electrons. The molecular formula is C32H41FN4O2. The lowest BCUT2D eigenvalue weighted by Gasteiger charge is -2.47. The van der Waals surface area contributed by atoms with Gasteiger partial charge in [0.1, 0.15) is 22.9 Å². The SMILES string of the molecule is CC[C@@H](C)Oc1cccc(CN2CCC3(C[C@@H]2C)C(=NC2C[C@H]4CC[C@@H]2C4)NC(=O)N3c2cccc(F)c2)c1. The van der Waals surface area contributed by atoms with Gasteiger partial charge in [-0.1, -0.05) is 31.5 Å². The molecule has 2 aliphatic heterocycles. The summed E-state index contributed by atoms with van der Waals surface area (Å²) in [6.45, 7) is 8.09. The van der Waals surface area contributed by atoms with Crippen molar-refractivity contribution in [2.45, 2.75) is 96.0 Å². The van der Waals surface area contributed by atoms with Crippen LogP contribution in [-0.4, -0.2) is 47.0 Å². The van der Waals surface area contributed by atoms with Gasteiger partial charge in [0.2, 0.25) is 0 Å². The molecule has 2 aliphatic carbocycles. The maximum Gasteiger partial charge on any atom is 0.328 e. The number of nitrogens with one attached hydrogen (secondary N) is 1. The van der Waals surface area contributed by atoms with Crippen LogP contribution in [0.4, 0.5) is 14.9 Å². The average Bonchev–Trinajstić information content (AvgIpc) is 3.60. The van der Waals surface area contributed by atoms with E-state index in [0.29, 0.717) is 11.6 Å². The number of hydrogen-bond donors (Lipinski definition) is 1. The first kappa shape index (κ1) is 26.3. The molecule has 2 saturated heterocycles. The molecule has 1 spiro atoms. The van der Waals surface area contributed by atoms with Gasteiger partial charge in [0.25, 0.3) is 0 Å². The number of rotatable bonds is 7. The van der Waals surface area contributed by atoms with E-state index >= 15 is 0 Å². The molecule has 6 atom stereocenters. The number of amidine groups is 1. The van der Waals surface area contributed by atoms with Crippen molar-refractivity contribution in [2.75, 3.05) is 11.4 Å². The van der Waals surface area contributed by atoms with Crippen LogP contribution >= 0.6 is 0 Å². The fourth-order valence-corrected chi connectivity index (χ4v) is 7.43. The number of anilines is 1. The third-order valence-corrected chi connectivity index (χ3v) is 9.62. The second-order valence-electron chi connectivity index (χ2n) is 12.3. The number of benzene rings is 2. The molecule has 0 aromatic heterocycles. The molecule has 0 radical (unpaired) electrons. The van der Waals surface area contributed by atoms with Gasteiger partial charge in [-0.15, -0.1) is 0 Å². The standard InChI is InChI=1S/C32H41FN4O2/c1-4-22(3)39-28-10-5-7-24(16-28)20-36-14-13-32(19-21(36)2)30(34-29-17-23-11-12-25(29)15-23)35-31(38)37(32)27-9-6-8-26(33)18-27/h5-10,16,18,21-23,25,29H,4,11-15,17,19-20H2,1-3H3,(H,34,35,38)/t21-,22+,23-,25+,29?,32?/m0/s1. The Morgan fingerprint density at radius 2 is 2.03 bits per heavy atom. The Bertz CT molecular complexity index is 1250. The minimum atomic E-state index is -0.593. The summed E-state index contributed by atoms with van der Waals surface area (Å²) in [6, 6.07) is 15.1. The summed E-state index contributed by atoms with van der Waals surface area (Å²) in [6.07, 6.45) is 7.58. The first-order chi connectivity index (χ1) is 18.8. The van der Waals surface area contributed by atoms with Gasteiger partial charge in [-0.05, 0) is 100 Å². The van der Waals surface area contributed by atoms with Gasteiger partial charge in [0.15, 0.2) is 0 Å². The smallest absolute Gasteiger partial charge is 0.328 e. The summed E-state index contributed by atoms with van der Waals surface area (Å²) >= 11 is 0. The number of hydrogen-bond acceptors (Lipinski definition) is 4. The Hall–Kier alpha value is -2.93. The summed E-state index contributed by atoms with van der Waals surface area (Å²) in [5.41, 5.74) is 1.22. The van der Waals surface area contributed by atoms with E-state index in [1.165, 1.54) is 37.0 Å². The van der Waals surface area contributed by atoms with Crippen LogP contribution in [0, 0.1) is 17.7 Å². The maximum absolute atomic E-state index is 14.3. The molecule has 2 amide bonds. The van der Waals surface area contributed by atoms with Crippen LogP contribution < -0.4 is 15.0 Å². The number of likely N-dealkylation sites (tertiary alicyclic amines) is 1. The zero-order chi connectivity index (χ0) is 27.1. The van der Waals surface area contributed by atoms with E-state index in [9.17, 15) is 9.18 Å². The Morgan fingerprint density at radius 1 is 1.18 bits per heavy atom. The zero-order valence-corrected chi connectivity index (χ0v) is 23.4. The molecule has 1 N–H and O–H groups in total. The lowest BCUT2D eigenvalue weighted by Crippen LogP contribution is -2.59. The number of aliphatic imine (C=N–C) groups is 1. The number of fused-ring (bicyclic) bond motifs is 2. The molecule has 6 rings (SSSR count). The van der Waals surface area contributed by atoms with Crippen molar-refractivity contribution in [1.29, 1.82) is 0 Å². The summed E-state index contributed by atoms with van der Waals surface area (Å²) in [4.78, 5) is 23.1. The molecule has 2 aromatic carbocycles. The minimum absolute atomic E-state index is 0.183. The molecule has 4 aliphatic rings. The predicted octanol–water partition coefficient (Wildman–Crippen LogP) is 6.54. The number of piperidine rings is 1. The van der Waals surface area contributed by atoms with E-state index in [1.54, 1.807) is 11.0 Å². The first-order valence-corrected chi connectivity index (χ1v) is 14.8. The van der Waals surface area contributed by atoms with E-state index in [2.05, 4.69) is 49.2 Å². The third kappa shape index (κ3) is 5.06. The molecule has 4 fully saturated rings. The maximum atomic E-state index is 14.3. The van der Waals surface area contributed by atoms with Crippen molar-refractivity contribution < 1.29 is 13.9 Å². The van der Waals surface area contributed by atoms with Crippen LogP contribution in [0.5, 0.6) is 5.75 Å². The Kier molecular flexibility index (Phi) is 7.13. The van der Waals surface area contributed by atoms with E-state index in [0.717, 1.165) is 56.3 Å². The van der Waals surface area contributed by atoms with Crippen molar-refractivity contribution in [1.82, 2.24) is 10.2 Å². The normalized spacial score (nSPS) is 32.3. The highest BCUT2D eigenvalue weighted by atomic mass is 19.1. The van der Waals surface area contributed by atoms with Gasteiger partial charge in [-0.3, -0.25) is 20.1 Å².